The number of rotatable bonds is 9. The van der Waals surface area contributed by atoms with E-state index in [0.29, 0.717) is 12.2 Å². The van der Waals surface area contributed by atoms with E-state index in [0.717, 1.165) is 74.6 Å². The molecule has 1 aromatic carbocycles. The first-order chi connectivity index (χ1) is 20.3. The Balaban J connectivity index is 0.000000241. The number of piperidine rings is 1. The van der Waals surface area contributed by atoms with Gasteiger partial charge in [-0.2, -0.15) is 0 Å². The SMILES string of the molecule is COc1ccc(/C(=C/C=O)N=CN(C)CC2(O)CCN(C)CC23CCCC3)s1.O=CN1CCNCC1c1ccccc1. The standard InChI is InChI=1S/C21H31N3O3S.C11H14N2O/c1-23-12-11-21(26,20(14-23)9-4-5-10-20)15-24(2)16-22-17(8-13-25)18-6-7-19(27-3)28-18;14-9-13-7-6-12-8-11(13)10-4-2-1-3-5-10/h6-8,13,16,26H,4-5,9-12,14-15H2,1-3H3;1-5,9,11-12H,6-8H2/b17-8-,22-16?;. The number of thiophene rings is 1. The van der Waals surface area contributed by atoms with Crippen LogP contribution < -0.4 is 10.1 Å². The molecule has 2 saturated heterocycles. The first kappa shape index (κ1) is 31.9. The maximum atomic E-state index is 11.6. The monoisotopic (exact) mass is 595 g/mol. The van der Waals surface area contributed by atoms with Crippen molar-refractivity contribution in [1.82, 2.24) is 20.0 Å². The van der Waals surface area contributed by atoms with Gasteiger partial charge in [-0.15, -0.1) is 0 Å². The zero-order valence-corrected chi connectivity index (χ0v) is 25.9. The van der Waals surface area contributed by atoms with Crippen molar-refractivity contribution in [3.63, 3.8) is 0 Å². The van der Waals surface area contributed by atoms with Gasteiger partial charge in [0.05, 0.1) is 35.7 Å². The molecule has 3 aliphatic rings. The van der Waals surface area contributed by atoms with E-state index >= 15 is 0 Å². The molecule has 2 aliphatic heterocycles. The lowest BCUT2D eigenvalue weighted by atomic mass is 9.66. The van der Waals surface area contributed by atoms with E-state index in [2.05, 4.69) is 34.4 Å². The molecule has 1 aliphatic carbocycles. The number of likely N-dealkylation sites (N-methyl/N-ethyl adjacent to an activating group) is 1. The number of benzene rings is 1. The highest BCUT2D eigenvalue weighted by Gasteiger charge is 2.54. The van der Waals surface area contributed by atoms with Crippen LogP contribution >= 0.6 is 11.3 Å². The van der Waals surface area contributed by atoms with Crippen LogP contribution in [0.15, 0.2) is 53.5 Å². The third-order valence-electron chi connectivity index (χ3n) is 8.80. The number of hydrogen-bond acceptors (Lipinski definition) is 8. The highest BCUT2D eigenvalue weighted by atomic mass is 32.1. The minimum Gasteiger partial charge on any atom is -0.487 e. The van der Waals surface area contributed by atoms with Gasteiger partial charge in [-0.05, 0) is 44.0 Å². The van der Waals surface area contributed by atoms with E-state index in [-0.39, 0.29) is 11.5 Å². The van der Waals surface area contributed by atoms with Crippen LogP contribution in [-0.4, -0.2) is 105 Å². The number of hydrogen-bond donors (Lipinski definition) is 2. The van der Waals surface area contributed by atoms with Crippen LogP contribution in [0.1, 0.15) is 48.6 Å². The molecule has 2 aromatic rings. The molecule has 42 heavy (non-hydrogen) atoms. The average molecular weight is 596 g/mol. The highest BCUT2D eigenvalue weighted by Crippen LogP contribution is 2.50. The summed E-state index contributed by atoms with van der Waals surface area (Å²) in [6, 6.07) is 14.1. The summed E-state index contributed by atoms with van der Waals surface area (Å²) < 4.78 is 5.23. The van der Waals surface area contributed by atoms with E-state index < -0.39 is 5.60 Å². The molecule has 2 atom stereocenters. The second-order valence-corrected chi connectivity index (χ2v) is 12.7. The Labute approximate surface area is 253 Å². The van der Waals surface area contributed by atoms with Crippen molar-refractivity contribution in [3.8, 4) is 5.06 Å². The smallest absolute Gasteiger partial charge is 0.210 e. The van der Waals surface area contributed by atoms with E-state index in [1.165, 1.54) is 35.8 Å². The lowest BCUT2D eigenvalue weighted by molar-refractivity contribution is -0.134. The third-order valence-corrected chi connectivity index (χ3v) is 9.87. The molecule has 0 radical (unpaired) electrons. The Morgan fingerprint density at radius 2 is 1.93 bits per heavy atom. The molecule has 10 heteroatoms. The lowest BCUT2D eigenvalue weighted by Gasteiger charge is -2.52. The van der Waals surface area contributed by atoms with Crippen LogP contribution in [0, 0.1) is 5.41 Å². The molecule has 228 valence electrons. The zero-order chi connectivity index (χ0) is 30.0. The quantitative estimate of drug-likeness (QED) is 0.198. The fourth-order valence-corrected chi connectivity index (χ4v) is 7.37. The summed E-state index contributed by atoms with van der Waals surface area (Å²) in [5.74, 6) is 0. The topological polar surface area (TPSA) is 97.7 Å². The second-order valence-electron chi connectivity index (χ2n) is 11.7. The van der Waals surface area contributed by atoms with Crippen molar-refractivity contribution in [2.75, 3.05) is 60.5 Å². The van der Waals surface area contributed by atoms with Crippen molar-refractivity contribution in [2.45, 2.75) is 43.7 Å². The van der Waals surface area contributed by atoms with E-state index in [9.17, 15) is 14.7 Å². The fraction of sp³-hybridized carbons (Fsp3) is 0.531. The van der Waals surface area contributed by atoms with Crippen LogP contribution in [-0.2, 0) is 9.59 Å². The summed E-state index contributed by atoms with van der Waals surface area (Å²) in [6.45, 7) is 4.95. The Hall–Kier alpha value is -3.05. The molecule has 3 fully saturated rings. The summed E-state index contributed by atoms with van der Waals surface area (Å²) in [5, 5.41) is 15.7. The molecular weight excluding hydrogens is 550 g/mol. The van der Waals surface area contributed by atoms with Gasteiger partial charge in [-0.25, -0.2) is 4.99 Å². The second kappa shape index (κ2) is 14.9. The number of methoxy groups -OCH3 is 1. The number of aldehydes is 1. The number of likely N-dealkylation sites (tertiary alicyclic amines) is 1. The Bertz CT molecular complexity index is 1210. The summed E-state index contributed by atoms with van der Waals surface area (Å²) in [5.41, 5.74) is 1.07. The van der Waals surface area contributed by atoms with Gasteiger partial charge in [-0.1, -0.05) is 54.5 Å². The number of amides is 1. The maximum Gasteiger partial charge on any atom is 0.210 e. The minimum atomic E-state index is -0.711. The summed E-state index contributed by atoms with van der Waals surface area (Å²) >= 11 is 1.45. The van der Waals surface area contributed by atoms with Gasteiger partial charge in [0.1, 0.15) is 6.29 Å². The number of carbonyl (C=O) groups excluding carboxylic acids is 2. The molecule has 1 aromatic heterocycles. The Kier molecular flexibility index (Phi) is 11.3. The average Bonchev–Trinajstić information content (AvgIpc) is 3.69. The van der Waals surface area contributed by atoms with Crippen LogP contribution in [0.2, 0.25) is 0 Å². The molecule has 1 spiro atoms. The van der Waals surface area contributed by atoms with Gasteiger partial charge in [0, 0.05) is 57.8 Å². The number of aliphatic hydroxyl groups is 1. The summed E-state index contributed by atoms with van der Waals surface area (Å²) in [7, 11) is 5.71. The summed E-state index contributed by atoms with van der Waals surface area (Å²) in [6.07, 6.45) is 10.2. The number of allylic oxidation sites excluding steroid dienone is 1. The first-order valence-electron chi connectivity index (χ1n) is 14.7. The number of piperazine rings is 1. The molecule has 2 unspecified atom stereocenters. The molecule has 5 rings (SSSR count). The van der Waals surface area contributed by atoms with E-state index in [1.54, 1.807) is 13.4 Å². The predicted octanol–water partition coefficient (Wildman–Crippen LogP) is 3.67. The normalized spacial score (nSPS) is 24.3. The molecular formula is C32H45N5O4S. The minimum absolute atomic E-state index is 0.0231. The van der Waals surface area contributed by atoms with Gasteiger partial charge in [0.25, 0.3) is 0 Å². The molecule has 2 N–H and O–H groups in total. The molecule has 0 bridgehead atoms. The zero-order valence-electron chi connectivity index (χ0n) is 25.1. The van der Waals surface area contributed by atoms with Crippen LogP contribution in [0.25, 0.3) is 5.70 Å². The van der Waals surface area contributed by atoms with Crippen LogP contribution in [0.5, 0.6) is 5.06 Å². The van der Waals surface area contributed by atoms with Gasteiger partial charge in [0.2, 0.25) is 6.41 Å². The first-order valence-corrected chi connectivity index (χ1v) is 15.6. The van der Waals surface area contributed by atoms with E-state index in [4.69, 9.17) is 4.74 Å². The van der Waals surface area contributed by atoms with Gasteiger partial charge in [0.15, 0.2) is 5.06 Å². The van der Waals surface area contributed by atoms with Gasteiger partial charge >= 0.3 is 0 Å². The number of carbonyl (C=O) groups is 2. The highest BCUT2D eigenvalue weighted by molar-refractivity contribution is 7.14. The van der Waals surface area contributed by atoms with Crippen molar-refractivity contribution in [1.29, 1.82) is 0 Å². The predicted molar refractivity (Wildman–Crippen MR) is 169 cm³/mol. The largest absolute Gasteiger partial charge is 0.487 e. The Morgan fingerprint density at radius 3 is 2.60 bits per heavy atom. The van der Waals surface area contributed by atoms with Crippen LogP contribution in [0.4, 0.5) is 0 Å². The van der Waals surface area contributed by atoms with Crippen molar-refractivity contribution in [2.24, 2.45) is 10.4 Å². The molecule has 1 saturated carbocycles. The lowest BCUT2D eigenvalue weighted by Crippen LogP contribution is -2.62. The number of aliphatic imine (C=N–C) groups is 1. The van der Waals surface area contributed by atoms with Gasteiger partial charge in [-0.3, -0.25) is 9.59 Å². The summed E-state index contributed by atoms with van der Waals surface area (Å²) in [4.78, 5) is 33.4. The number of nitrogens with one attached hydrogen (secondary N) is 1. The number of ether oxygens (including phenoxy) is 1. The number of nitrogens with zero attached hydrogens (tertiary/aromatic N) is 4. The molecule has 1 amide bonds. The molecule has 9 nitrogen and oxygen atoms in total. The molecule has 3 heterocycles. The maximum absolute atomic E-state index is 11.6. The third kappa shape index (κ3) is 7.66. The fourth-order valence-electron chi connectivity index (χ4n) is 6.57. The Morgan fingerprint density at radius 1 is 1.17 bits per heavy atom. The van der Waals surface area contributed by atoms with Crippen molar-refractivity contribution < 1.29 is 19.4 Å². The van der Waals surface area contributed by atoms with E-state index in [1.807, 2.05) is 47.2 Å². The van der Waals surface area contributed by atoms with Gasteiger partial charge < -0.3 is 29.9 Å². The van der Waals surface area contributed by atoms with Crippen molar-refractivity contribution in [3.05, 3.63) is 59.0 Å². The van der Waals surface area contributed by atoms with Crippen LogP contribution in [0.3, 0.4) is 0 Å². The van der Waals surface area contributed by atoms with Crippen molar-refractivity contribution >= 4 is 36.1 Å².